The fourth-order valence-corrected chi connectivity index (χ4v) is 1.41. The Kier molecular flexibility index (Phi) is 1.97. The molecule has 6 heteroatoms. The van der Waals surface area contributed by atoms with Gasteiger partial charge in [-0.2, -0.15) is 5.26 Å². The molecule has 0 radical (unpaired) electrons. The van der Waals surface area contributed by atoms with E-state index in [-0.39, 0.29) is 21.3 Å². The highest BCUT2D eigenvalue weighted by atomic mass is 79.9. The van der Waals surface area contributed by atoms with E-state index in [2.05, 4.69) is 25.9 Å². The maximum atomic E-state index is 13.3. The molecule has 0 amide bonds. The second-order valence-corrected chi connectivity index (χ2v) is 3.37. The number of nitriles is 1. The molecular formula is C8H2BrF2N3. The molecule has 0 fully saturated rings. The Labute approximate surface area is 85.5 Å². The van der Waals surface area contributed by atoms with Crippen LogP contribution in [-0.2, 0) is 0 Å². The third-order valence-corrected chi connectivity index (χ3v) is 2.45. The number of hydrogen-bond donors (Lipinski definition) is 1. The first kappa shape index (κ1) is 9.09. The molecule has 0 unspecified atom stereocenters. The van der Waals surface area contributed by atoms with E-state index in [4.69, 9.17) is 5.26 Å². The van der Waals surface area contributed by atoms with E-state index in [9.17, 15) is 8.78 Å². The number of benzene rings is 1. The van der Waals surface area contributed by atoms with Crippen LogP contribution < -0.4 is 0 Å². The predicted molar refractivity (Wildman–Crippen MR) is 48.4 cm³/mol. The van der Waals surface area contributed by atoms with Crippen LogP contribution in [0.1, 0.15) is 5.82 Å². The maximum Gasteiger partial charge on any atom is 0.211 e. The zero-order valence-corrected chi connectivity index (χ0v) is 8.19. The van der Waals surface area contributed by atoms with E-state index in [0.29, 0.717) is 0 Å². The zero-order valence-electron chi connectivity index (χ0n) is 6.61. The van der Waals surface area contributed by atoms with Gasteiger partial charge in [0.1, 0.15) is 17.4 Å². The highest BCUT2D eigenvalue weighted by Crippen LogP contribution is 2.26. The van der Waals surface area contributed by atoms with E-state index in [1.807, 2.05) is 0 Å². The Balaban J connectivity index is 2.89. The van der Waals surface area contributed by atoms with Crippen LogP contribution in [0.25, 0.3) is 11.0 Å². The second kappa shape index (κ2) is 3.03. The lowest BCUT2D eigenvalue weighted by Crippen LogP contribution is -1.85. The molecule has 0 aliphatic carbocycles. The standard InChI is InChI=1S/C8H2BrF2N3/c9-6-3(10)1-4-8(7(6)11)14-5(2-12)13-4/h1H,(H,13,14). The molecule has 1 aromatic carbocycles. The minimum Gasteiger partial charge on any atom is -0.329 e. The average molecular weight is 258 g/mol. The average Bonchev–Trinajstić information content (AvgIpc) is 2.57. The van der Waals surface area contributed by atoms with Crippen molar-refractivity contribution in [2.24, 2.45) is 0 Å². The van der Waals surface area contributed by atoms with Gasteiger partial charge in [0.15, 0.2) is 5.82 Å². The summed E-state index contributed by atoms with van der Waals surface area (Å²) in [7, 11) is 0. The van der Waals surface area contributed by atoms with Crippen molar-refractivity contribution in [2.75, 3.05) is 0 Å². The number of imidazole rings is 1. The number of halogens is 3. The van der Waals surface area contributed by atoms with E-state index in [1.54, 1.807) is 6.07 Å². The van der Waals surface area contributed by atoms with Crippen LogP contribution in [0.5, 0.6) is 0 Å². The van der Waals surface area contributed by atoms with Gasteiger partial charge < -0.3 is 4.98 Å². The molecule has 2 aromatic rings. The smallest absolute Gasteiger partial charge is 0.211 e. The van der Waals surface area contributed by atoms with E-state index >= 15 is 0 Å². The Morgan fingerprint density at radius 2 is 2.21 bits per heavy atom. The summed E-state index contributed by atoms with van der Waals surface area (Å²) in [5.74, 6) is -1.59. The van der Waals surface area contributed by atoms with Gasteiger partial charge in [-0.15, -0.1) is 0 Å². The highest BCUT2D eigenvalue weighted by molar-refractivity contribution is 9.10. The lowest BCUT2D eigenvalue weighted by atomic mass is 10.3. The Hall–Kier alpha value is -1.48. The topological polar surface area (TPSA) is 52.5 Å². The van der Waals surface area contributed by atoms with Crippen LogP contribution in [0.15, 0.2) is 10.5 Å². The van der Waals surface area contributed by atoms with E-state index < -0.39 is 11.6 Å². The summed E-state index contributed by atoms with van der Waals surface area (Å²) in [4.78, 5) is 6.13. The summed E-state index contributed by atoms with van der Waals surface area (Å²) < 4.78 is 26.1. The maximum absolute atomic E-state index is 13.3. The lowest BCUT2D eigenvalue weighted by Gasteiger charge is -1.96. The molecule has 0 aliphatic heterocycles. The molecule has 0 atom stereocenters. The molecule has 0 saturated carbocycles. The highest BCUT2D eigenvalue weighted by Gasteiger charge is 2.14. The van der Waals surface area contributed by atoms with Gasteiger partial charge in [0, 0.05) is 6.07 Å². The third-order valence-electron chi connectivity index (χ3n) is 1.72. The summed E-state index contributed by atoms with van der Waals surface area (Å²) >= 11 is 2.74. The monoisotopic (exact) mass is 257 g/mol. The van der Waals surface area contributed by atoms with Gasteiger partial charge in [0.25, 0.3) is 0 Å². The van der Waals surface area contributed by atoms with Crippen molar-refractivity contribution in [3.63, 3.8) is 0 Å². The summed E-state index contributed by atoms with van der Waals surface area (Å²) in [6.45, 7) is 0. The Morgan fingerprint density at radius 1 is 1.50 bits per heavy atom. The molecule has 0 saturated heterocycles. The fourth-order valence-electron chi connectivity index (χ4n) is 1.11. The van der Waals surface area contributed by atoms with Crippen molar-refractivity contribution in [3.8, 4) is 6.07 Å². The molecule has 1 aromatic heterocycles. The van der Waals surface area contributed by atoms with Crippen molar-refractivity contribution in [1.29, 1.82) is 5.26 Å². The first-order valence-electron chi connectivity index (χ1n) is 3.57. The van der Waals surface area contributed by atoms with Gasteiger partial charge in [-0.3, -0.25) is 0 Å². The number of fused-ring (bicyclic) bond motifs is 1. The lowest BCUT2D eigenvalue weighted by molar-refractivity contribution is 0.579. The zero-order chi connectivity index (χ0) is 10.3. The van der Waals surface area contributed by atoms with Crippen molar-refractivity contribution < 1.29 is 8.78 Å². The van der Waals surface area contributed by atoms with Crippen molar-refractivity contribution in [1.82, 2.24) is 9.97 Å². The first-order valence-corrected chi connectivity index (χ1v) is 4.36. The van der Waals surface area contributed by atoms with Gasteiger partial charge in [-0.1, -0.05) is 0 Å². The molecule has 70 valence electrons. The van der Waals surface area contributed by atoms with Gasteiger partial charge in [-0.05, 0) is 15.9 Å². The number of aromatic amines is 1. The molecule has 0 spiro atoms. The summed E-state index contributed by atoms with van der Waals surface area (Å²) in [5.41, 5.74) is 0.120. The first-order chi connectivity index (χ1) is 6.63. The van der Waals surface area contributed by atoms with Crippen LogP contribution >= 0.6 is 15.9 Å². The van der Waals surface area contributed by atoms with Crippen LogP contribution in [0.2, 0.25) is 0 Å². The van der Waals surface area contributed by atoms with Gasteiger partial charge in [-0.25, -0.2) is 13.8 Å². The number of hydrogen-bond acceptors (Lipinski definition) is 2. The Bertz CT molecular complexity index is 556. The minimum absolute atomic E-state index is 0.0450. The largest absolute Gasteiger partial charge is 0.329 e. The molecular weight excluding hydrogens is 256 g/mol. The number of rotatable bonds is 0. The van der Waals surface area contributed by atoms with Crippen LogP contribution in [-0.4, -0.2) is 9.97 Å². The van der Waals surface area contributed by atoms with Crippen molar-refractivity contribution in [2.45, 2.75) is 0 Å². The molecule has 0 aliphatic rings. The normalized spacial score (nSPS) is 10.4. The molecule has 1 heterocycles. The summed E-state index contributed by atoms with van der Waals surface area (Å²) in [6.07, 6.45) is 0. The molecule has 1 N–H and O–H groups in total. The Morgan fingerprint density at radius 3 is 2.86 bits per heavy atom. The van der Waals surface area contributed by atoms with Gasteiger partial charge >= 0.3 is 0 Å². The van der Waals surface area contributed by atoms with Gasteiger partial charge in [0.2, 0.25) is 5.82 Å². The van der Waals surface area contributed by atoms with Crippen LogP contribution in [0.3, 0.4) is 0 Å². The fraction of sp³-hybridized carbons (Fsp3) is 0. The summed E-state index contributed by atoms with van der Waals surface area (Å²) in [6, 6.07) is 2.79. The van der Waals surface area contributed by atoms with Crippen LogP contribution in [0.4, 0.5) is 8.78 Å². The molecule has 14 heavy (non-hydrogen) atoms. The SMILES string of the molecule is N#Cc1nc2c(F)c(Br)c(F)cc2[nH]1. The van der Waals surface area contributed by atoms with Crippen molar-refractivity contribution >= 4 is 27.0 Å². The molecule has 2 rings (SSSR count). The molecule has 0 bridgehead atoms. The molecule has 3 nitrogen and oxygen atoms in total. The van der Waals surface area contributed by atoms with Crippen LogP contribution in [0, 0.1) is 23.0 Å². The van der Waals surface area contributed by atoms with E-state index in [0.717, 1.165) is 6.07 Å². The van der Waals surface area contributed by atoms with Gasteiger partial charge in [0.05, 0.1) is 9.99 Å². The minimum atomic E-state index is -0.808. The predicted octanol–water partition coefficient (Wildman–Crippen LogP) is 2.48. The summed E-state index contributed by atoms with van der Waals surface area (Å²) in [5, 5.41) is 8.50. The number of nitrogens with one attached hydrogen (secondary N) is 1. The quantitative estimate of drug-likeness (QED) is 0.738. The number of H-pyrrole nitrogens is 1. The van der Waals surface area contributed by atoms with Crippen molar-refractivity contribution in [3.05, 3.63) is 28.0 Å². The third kappa shape index (κ3) is 1.17. The van der Waals surface area contributed by atoms with E-state index in [1.165, 1.54) is 0 Å². The number of nitrogens with zero attached hydrogens (tertiary/aromatic N) is 2. The number of aromatic nitrogens is 2. The second-order valence-electron chi connectivity index (χ2n) is 2.58.